The highest BCUT2D eigenvalue weighted by Crippen LogP contribution is 2.38. The molecule has 0 bridgehead atoms. The molecule has 3 saturated heterocycles. The van der Waals surface area contributed by atoms with Gasteiger partial charge < -0.3 is 30.2 Å². The standard InChI is InChI=1S/C26H28F3N5O6.C7H14N2O2/c1-25(2)23(37)34(24(38)33(25)13-16-6-9-30-10-7-16)18-4-5-20(40-26(27,28)29)19(12-18)31-21(35)15-32-11-8-17(14-32)22(36)39-3;8-7(10)6-9-2-1-4-11-5-3-9/h4-7,9-10,12,17H,8,11,13-15H2,1-3H3,(H,31,35);1-6H2,(H2,8,10). The lowest BCUT2D eigenvalue weighted by molar-refractivity contribution is -0.274. The summed E-state index contributed by atoms with van der Waals surface area (Å²) in [5.41, 5.74) is 4.09. The van der Waals surface area contributed by atoms with Gasteiger partial charge in [-0.05, 0) is 69.1 Å². The Hall–Kier alpha value is -4.81. The zero-order chi connectivity index (χ0) is 37.3. The number of pyridine rings is 1. The Bertz CT molecular complexity index is 1570. The second-order valence-electron chi connectivity index (χ2n) is 12.7. The van der Waals surface area contributed by atoms with Crippen LogP contribution in [0.3, 0.4) is 0 Å². The van der Waals surface area contributed by atoms with Gasteiger partial charge in [-0.15, -0.1) is 13.2 Å². The summed E-state index contributed by atoms with van der Waals surface area (Å²) < 4.78 is 53.3. The molecule has 3 N–H and O–H groups in total. The predicted molar refractivity (Wildman–Crippen MR) is 176 cm³/mol. The number of esters is 1. The van der Waals surface area contributed by atoms with E-state index >= 15 is 0 Å². The third-order valence-electron chi connectivity index (χ3n) is 8.50. The van der Waals surface area contributed by atoms with Crippen molar-refractivity contribution < 1.29 is 51.4 Å². The SMILES string of the molecule is COC(=O)C1CCN(CC(=O)Nc2cc(N3C(=O)N(Cc4ccncc4)C(C)(C)C3=O)ccc2OC(F)(F)F)C1.NC(=O)CN1CCCOCC1. The van der Waals surface area contributed by atoms with Crippen LogP contribution in [0.15, 0.2) is 42.7 Å². The van der Waals surface area contributed by atoms with Crippen LogP contribution >= 0.6 is 0 Å². The maximum absolute atomic E-state index is 13.4. The summed E-state index contributed by atoms with van der Waals surface area (Å²) in [6.45, 7) is 7.31. The molecule has 0 spiro atoms. The number of anilines is 2. The molecule has 0 saturated carbocycles. The average molecular weight is 722 g/mol. The molecule has 1 aromatic carbocycles. The number of aromatic nitrogens is 1. The summed E-state index contributed by atoms with van der Waals surface area (Å²) in [6, 6.07) is 5.87. The Morgan fingerprint density at radius 3 is 2.43 bits per heavy atom. The van der Waals surface area contributed by atoms with Crippen LogP contribution in [-0.4, -0.2) is 121 Å². The molecular formula is C33H42F3N7O8. The number of amides is 5. The Kier molecular flexibility index (Phi) is 12.9. The third kappa shape index (κ3) is 10.6. The number of halogens is 3. The first-order valence-electron chi connectivity index (χ1n) is 16.2. The highest BCUT2D eigenvalue weighted by Gasteiger charge is 2.52. The van der Waals surface area contributed by atoms with Crippen molar-refractivity contribution in [2.75, 3.05) is 69.8 Å². The molecule has 0 radical (unpaired) electrons. The molecule has 18 heteroatoms. The minimum absolute atomic E-state index is 0.0444. The normalized spacial score (nSPS) is 19.6. The number of methoxy groups -OCH3 is 1. The van der Waals surface area contributed by atoms with E-state index in [2.05, 4.69) is 15.0 Å². The fourth-order valence-corrected chi connectivity index (χ4v) is 5.87. The van der Waals surface area contributed by atoms with E-state index in [1.54, 1.807) is 43.3 Å². The first-order valence-corrected chi connectivity index (χ1v) is 16.2. The smallest absolute Gasteiger partial charge is 0.469 e. The Morgan fingerprint density at radius 1 is 1.04 bits per heavy atom. The minimum Gasteiger partial charge on any atom is -0.469 e. The maximum Gasteiger partial charge on any atom is 0.573 e. The summed E-state index contributed by atoms with van der Waals surface area (Å²) in [5, 5.41) is 2.39. The lowest BCUT2D eigenvalue weighted by Crippen LogP contribution is -2.43. The van der Waals surface area contributed by atoms with Crippen molar-refractivity contribution >= 4 is 41.1 Å². The number of hydrogen-bond donors (Lipinski definition) is 2. The van der Waals surface area contributed by atoms with Gasteiger partial charge in [-0.3, -0.25) is 34.0 Å². The van der Waals surface area contributed by atoms with Crippen LogP contribution in [0.4, 0.5) is 29.3 Å². The van der Waals surface area contributed by atoms with E-state index in [1.807, 2.05) is 4.90 Å². The van der Waals surface area contributed by atoms with Crippen LogP contribution in [0.25, 0.3) is 0 Å². The Labute approximate surface area is 292 Å². The number of hydrogen-bond acceptors (Lipinski definition) is 11. The van der Waals surface area contributed by atoms with Gasteiger partial charge in [0, 0.05) is 45.2 Å². The molecule has 0 aliphatic carbocycles. The summed E-state index contributed by atoms with van der Waals surface area (Å²) in [4.78, 5) is 71.6. The summed E-state index contributed by atoms with van der Waals surface area (Å²) in [7, 11) is 1.27. The number of likely N-dealkylation sites (tertiary alicyclic amines) is 1. The number of nitrogens with one attached hydrogen (secondary N) is 1. The molecule has 2 aromatic rings. The van der Waals surface area contributed by atoms with Crippen molar-refractivity contribution in [1.29, 1.82) is 0 Å². The number of nitrogens with zero attached hydrogens (tertiary/aromatic N) is 5. The van der Waals surface area contributed by atoms with Crippen LogP contribution in [-0.2, 0) is 35.2 Å². The van der Waals surface area contributed by atoms with Crippen LogP contribution in [0.1, 0.15) is 32.3 Å². The Morgan fingerprint density at radius 2 is 1.76 bits per heavy atom. The van der Waals surface area contributed by atoms with Crippen molar-refractivity contribution in [3.05, 3.63) is 48.3 Å². The van der Waals surface area contributed by atoms with E-state index in [-0.39, 0.29) is 36.9 Å². The summed E-state index contributed by atoms with van der Waals surface area (Å²) in [6.07, 6.45) is -0.495. The van der Waals surface area contributed by atoms with Gasteiger partial charge in [0.2, 0.25) is 11.8 Å². The number of primary amides is 1. The zero-order valence-electron chi connectivity index (χ0n) is 28.6. The molecule has 278 valence electrons. The number of urea groups is 1. The molecular weight excluding hydrogens is 679 g/mol. The van der Waals surface area contributed by atoms with Crippen molar-refractivity contribution in [1.82, 2.24) is 19.7 Å². The monoisotopic (exact) mass is 721 g/mol. The summed E-state index contributed by atoms with van der Waals surface area (Å²) in [5.74, 6) is -3.06. The lowest BCUT2D eigenvalue weighted by atomic mass is 10.0. The molecule has 1 unspecified atom stereocenters. The largest absolute Gasteiger partial charge is 0.573 e. The number of ether oxygens (including phenoxy) is 3. The molecule has 5 rings (SSSR count). The second kappa shape index (κ2) is 16.9. The van der Waals surface area contributed by atoms with Gasteiger partial charge in [-0.2, -0.15) is 0 Å². The fourth-order valence-electron chi connectivity index (χ4n) is 5.87. The molecule has 51 heavy (non-hydrogen) atoms. The number of alkyl halides is 3. The predicted octanol–water partition coefficient (Wildman–Crippen LogP) is 2.36. The third-order valence-corrected chi connectivity index (χ3v) is 8.50. The van der Waals surface area contributed by atoms with Crippen molar-refractivity contribution in [3.8, 4) is 5.75 Å². The molecule has 15 nitrogen and oxygen atoms in total. The number of carbonyl (C=O) groups is 5. The molecule has 5 amide bonds. The van der Waals surface area contributed by atoms with Gasteiger partial charge in [-0.1, -0.05) is 0 Å². The quantitative estimate of drug-likeness (QED) is 0.272. The first-order chi connectivity index (χ1) is 24.1. The number of rotatable bonds is 10. The molecule has 1 atom stereocenters. The summed E-state index contributed by atoms with van der Waals surface area (Å²) >= 11 is 0. The van der Waals surface area contributed by atoms with Crippen LogP contribution in [0.5, 0.6) is 5.75 Å². The molecule has 1 aromatic heterocycles. The van der Waals surface area contributed by atoms with E-state index in [1.165, 1.54) is 12.0 Å². The van der Waals surface area contributed by atoms with Crippen molar-refractivity contribution in [2.24, 2.45) is 11.7 Å². The number of imide groups is 1. The fraction of sp³-hybridized carbons (Fsp3) is 0.515. The Balaban J connectivity index is 0.000000452. The lowest BCUT2D eigenvalue weighted by Gasteiger charge is -2.27. The second-order valence-corrected chi connectivity index (χ2v) is 12.7. The van der Waals surface area contributed by atoms with Crippen LogP contribution in [0, 0.1) is 5.92 Å². The average Bonchev–Trinajstić information content (AvgIpc) is 3.46. The molecule has 4 heterocycles. The van der Waals surface area contributed by atoms with Crippen molar-refractivity contribution in [3.63, 3.8) is 0 Å². The highest BCUT2D eigenvalue weighted by molar-refractivity contribution is 6.23. The van der Waals surface area contributed by atoms with E-state index in [4.69, 9.17) is 15.2 Å². The first kappa shape index (κ1) is 39.0. The van der Waals surface area contributed by atoms with Gasteiger partial charge in [0.25, 0.3) is 5.91 Å². The van der Waals surface area contributed by atoms with Gasteiger partial charge in [-0.25, -0.2) is 9.69 Å². The van der Waals surface area contributed by atoms with E-state index in [9.17, 15) is 37.1 Å². The maximum atomic E-state index is 13.4. The number of carbonyl (C=O) groups excluding carboxylic acids is 5. The van der Waals surface area contributed by atoms with Crippen LogP contribution < -0.4 is 20.7 Å². The molecule has 3 fully saturated rings. The number of benzene rings is 1. The van der Waals surface area contributed by atoms with Crippen molar-refractivity contribution in [2.45, 2.75) is 45.1 Å². The topological polar surface area (TPSA) is 177 Å². The molecule has 3 aliphatic rings. The van der Waals surface area contributed by atoms with Gasteiger partial charge >= 0.3 is 18.4 Å². The van der Waals surface area contributed by atoms with Gasteiger partial charge in [0.05, 0.1) is 44.1 Å². The molecule has 3 aliphatic heterocycles. The van der Waals surface area contributed by atoms with Crippen LogP contribution in [0.2, 0.25) is 0 Å². The number of nitrogens with two attached hydrogens (primary N) is 1. The van der Waals surface area contributed by atoms with E-state index in [0.717, 1.165) is 54.8 Å². The van der Waals surface area contributed by atoms with E-state index < -0.39 is 47.4 Å². The highest BCUT2D eigenvalue weighted by atomic mass is 19.4. The van der Waals surface area contributed by atoms with E-state index in [0.29, 0.717) is 26.1 Å². The zero-order valence-corrected chi connectivity index (χ0v) is 28.6. The van der Waals surface area contributed by atoms with Gasteiger partial charge in [0.15, 0.2) is 5.75 Å². The minimum atomic E-state index is -5.06. The van der Waals surface area contributed by atoms with Gasteiger partial charge in [0.1, 0.15) is 5.54 Å².